The van der Waals surface area contributed by atoms with E-state index in [-0.39, 0.29) is 23.8 Å². The fourth-order valence-electron chi connectivity index (χ4n) is 5.14. The van der Waals surface area contributed by atoms with Crippen LogP contribution in [0.4, 0.5) is 5.69 Å². The van der Waals surface area contributed by atoms with Gasteiger partial charge in [0.25, 0.3) is 10.0 Å². The predicted octanol–water partition coefficient (Wildman–Crippen LogP) is 6.74. The molecular formula is C36H40BrN3O4S. The normalized spacial score (nSPS) is 11.9. The van der Waals surface area contributed by atoms with Crippen molar-refractivity contribution in [3.8, 4) is 0 Å². The number of hydrogen-bond donors (Lipinski definition) is 1. The monoisotopic (exact) mass is 689 g/mol. The van der Waals surface area contributed by atoms with Gasteiger partial charge in [0.1, 0.15) is 12.6 Å². The van der Waals surface area contributed by atoms with Crippen LogP contribution in [0, 0.1) is 20.8 Å². The molecule has 0 saturated heterocycles. The lowest BCUT2D eigenvalue weighted by Crippen LogP contribution is -2.53. The quantitative estimate of drug-likeness (QED) is 0.169. The lowest BCUT2D eigenvalue weighted by atomic mass is 10.0. The summed E-state index contributed by atoms with van der Waals surface area (Å²) in [6.07, 6.45) is 1.01. The first-order valence-electron chi connectivity index (χ1n) is 15.0. The first-order chi connectivity index (χ1) is 21.5. The van der Waals surface area contributed by atoms with E-state index in [0.717, 1.165) is 38.7 Å². The van der Waals surface area contributed by atoms with Crippen molar-refractivity contribution in [2.24, 2.45) is 0 Å². The maximum absolute atomic E-state index is 14.5. The molecule has 1 unspecified atom stereocenters. The van der Waals surface area contributed by atoms with Crippen molar-refractivity contribution in [3.05, 3.63) is 129 Å². The van der Waals surface area contributed by atoms with Gasteiger partial charge in [0.2, 0.25) is 11.8 Å². The molecule has 0 saturated carbocycles. The first kappa shape index (κ1) is 33.9. The third-order valence-electron chi connectivity index (χ3n) is 7.60. The second kappa shape index (κ2) is 15.4. The summed E-state index contributed by atoms with van der Waals surface area (Å²) in [4.78, 5) is 29.9. The molecule has 0 aliphatic rings. The molecule has 1 N–H and O–H groups in total. The number of amides is 2. The fraction of sp³-hybridized carbons (Fsp3) is 0.278. The Bertz CT molecular complexity index is 1710. The van der Waals surface area contributed by atoms with Crippen LogP contribution in [0.2, 0.25) is 0 Å². The molecule has 0 aromatic heterocycles. The van der Waals surface area contributed by atoms with E-state index in [1.165, 1.54) is 9.21 Å². The Labute approximate surface area is 275 Å². The number of halogens is 1. The Morgan fingerprint density at radius 3 is 2.09 bits per heavy atom. The van der Waals surface area contributed by atoms with Gasteiger partial charge in [-0.05, 0) is 74.2 Å². The minimum Gasteiger partial charge on any atom is -0.354 e. The average molecular weight is 691 g/mol. The van der Waals surface area contributed by atoms with Crippen LogP contribution in [0.3, 0.4) is 0 Å². The van der Waals surface area contributed by atoms with Crippen LogP contribution < -0.4 is 9.62 Å². The van der Waals surface area contributed by atoms with E-state index in [4.69, 9.17) is 0 Å². The van der Waals surface area contributed by atoms with Crippen LogP contribution >= 0.6 is 15.9 Å². The molecule has 45 heavy (non-hydrogen) atoms. The van der Waals surface area contributed by atoms with E-state index in [1.807, 2.05) is 94.4 Å². The van der Waals surface area contributed by atoms with Gasteiger partial charge >= 0.3 is 0 Å². The second-order valence-corrected chi connectivity index (χ2v) is 14.0. The number of hydrogen-bond acceptors (Lipinski definition) is 4. The molecule has 0 aliphatic carbocycles. The molecule has 4 rings (SSSR count). The number of benzene rings is 4. The summed E-state index contributed by atoms with van der Waals surface area (Å²) in [5.41, 5.74) is 4.73. The molecule has 9 heteroatoms. The van der Waals surface area contributed by atoms with E-state index < -0.39 is 28.5 Å². The third kappa shape index (κ3) is 8.83. The summed E-state index contributed by atoms with van der Waals surface area (Å²) in [6, 6.07) is 28.3. The molecule has 0 spiro atoms. The van der Waals surface area contributed by atoms with E-state index in [2.05, 4.69) is 21.2 Å². The zero-order valence-electron chi connectivity index (χ0n) is 26.2. The summed E-state index contributed by atoms with van der Waals surface area (Å²) in [5.74, 6) is -0.771. The number of sulfonamides is 1. The summed E-state index contributed by atoms with van der Waals surface area (Å²) >= 11 is 3.47. The van der Waals surface area contributed by atoms with E-state index in [1.54, 1.807) is 30.3 Å². The predicted molar refractivity (Wildman–Crippen MR) is 184 cm³/mol. The van der Waals surface area contributed by atoms with E-state index in [9.17, 15) is 18.0 Å². The maximum Gasteiger partial charge on any atom is 0.264 e. The zero-order chi connectivity index (χ0) is 32.6. The fourth-order valence-corrected chi connectivity index (χ4v) is 6.89. The Kier molecular flexibility index (Phi) is 11.6. The average Bonchev–Trinajstić information content (AvgIpc) is 3.02. The molecule has 0 radical (unpaired) electrons. The van der Waals surface area contributed by atoms with Gasteiger partial charge in [-0.15, -0.1) is 0 Å². The minimum atomic E-state index is -4.15. The van der Waals surface area contributed by atoms with Gasteiger partial charge in [-0.2, -0.15) is 0 Å². The van der Waals surface area contributed by atoms with Crippen molar-refractivity contribution >= 4 is 43.5 Å². The number of carbonyl (C=O) groups is 2. The summed E-state index contributed by atoms with van der Waals surface area (Å²) in [5, 5.41) is 2.97. The number of anilines is 1. The molecule has 0 heterocycles. The summed E-state index contributed by atoms with van der Waals surface area (Å²) < 4.78 is 30.5. The van der Waals surface area contributed by atoms with Crippen LogP contribution in [0.15, 0.2) is 106 Å². The largest absolute Gasteiger partial charge is 0.354 e. The molecule has 1 atom stereocenters. The number of rotatable bonds is 13. The van der Waals surface area contributed by atoms with E-state index in [0.29, 0.717) is 12.2 Å². The smallest absolute Gasteiger partial charge is 0.264 e. The summed E-state index contributed by atoms with van der Waals surface area (Å²) in [6.45, 7) is 7.72. The van der Waals surface area contributed by atoms with Gasteiger partial charge in [0, 0.05) is 24.0 Å². The van der Waals surface area contributed by atoms with Crippen molar-refractivity contribution < 1.29 is 18.0 Å². The van der Waals surface area contributed by atoms with Gasteiger partial charge in [-0.25, -0.2) is 8.42 Å². The number of nitrogens with zero attached hydrogens (tertiary/aromatic N) is 2. The molecule has 0 fully saturated rings. The molecule has 0 bridgehead atoms. The summed E-state index contributed by atoms with van der Waals surface area (Å²) in [7, 11) is -4.15. The molecular weight excluding hydrogens is 650 g/mol. The van der Waals surface area contributed by atoms with Crippen molar-refractivity contribution in [1.82, 2.24) is 10.2 Å². The van der Waals surface area contributed by atoms with Crippen LogP contribution in [0.25, 0.3) is 0 Å². The second-order valence-electron chi connectivity index (χ2n) is 11.3. The van der Waals surface area contributed by atoms with Gasteiger partial charge in [0.05, 0.1) is 10.6 Å². The Balaban J connectivity index is 1.81. The lowest BCUT2D eigenvalue weighted by Gasteiger charge is -2.34. The molecule has 2 amide bonds. The number of aryl methyl sites for hydroxylation is 3. The highest BCUT2D eigenvalue weighted by Gasteiger charge is 2.35. The first-order valence-corrected chi connectivity index (χ1v) is 17.2. The molecule has 236 valence electrons. The van der Waals surface area contributed by atoms with Crippen LogP contribution in [0.5, 0.6) is 0 Å². The minimum absolute atomic E-state index is 0.0851. The van der Waals surface area contributed by atoms with Crippen molar-refractivity contribution in [2.45, 2.75) is 58.0 Å². The van der Waals surface area contributed by atoms with Crippen LogP contribution in [-0.4, -0.2) is 44.3 Å². The van der Waals surface area contributed by atoms with Crippen LogP contribution in [-0.2, 0) is 32.6 Å². The zero-order valence-corrected chi connectivity index (χ0v) is 28.6. The van der Waals surface area contributed by atoms with Crippen molar-refractivity contribution in [3.63, 3.8) is 0 Å². The standard InChI is InChI=1S/C36H40BrN3O4S/c1-5-21-38-36(42)34(23-29-9-7-6-8-10-29)39(24-30-14-16-31(37)17-15-30)35(41)25-40(33-20-13-27(3)22-28(33)4)45(43,44)32-18-11-26(2)12-19-32/h6-20,22,34H,5,21,23-25H2,1-4H3,(H,38,42). The molecule has 7 nitrogen and oxygen atoms in total. The van der Waals surface area contributed by atoms with Gasteiger partial charge in [-0.1, -0.05) is 101 Å². The SMILES string of the molecule is CCCNC(=O)C(Cc1ccccc1)N(Cc1ccc(Br)cc1)C(=O)CN(c1ccc(C)cc1C)S(=O)(=O)c1ccc(C)cc1. The third-order valence-corrected chi connectivity index (χ3v) is 9.90. The number of nitrogens with one attached hydrogen (secondary N) is 1. The van der Waals surface area contributed by atoms with Gasteiger partial charge in [-0.3, -0.25) is 13.9 Å². The topological polar surface area (TPSA) is 86.8 Å². The van der Waals surface area contributed by atoms with Crippen molar-refractivity contribution in [2.75, 3.05) is 17.4 Å². The highest BCUT2D eigenvalue weighted by molar-refractivity contribution is 9.10. The Morgan fingerprint density at radius 1 is 0.822 bits per heavy atom. The Hall–Kier alpha value is -3.95. The maximum atomic E-state index is 14.5. The molecule has 0 aliphatic heterocycles. The molecule has 4 aromatic carbocycles. The van der Waals surface area contributed by atoms with Gasteiger partial charge < -0.3 is 10.2 Å². The molecule has 4 aromatic rings. The van der Waals surface area contributed by atoms with Crippen LogP contribution in [0.1, 0.15) is 41.2 Å². The highest BCUT2D eigenvalue weighted by atomic mass is 79.9. The lowest BCUT2D eigenvalue weighted by molar-refractivity contribution is -0.140. The van der Waals surface area contributed by atoms with E-state index >= 15 is 0 Å². The van der Waals surface area contributed by atoms with Crippen molar-refractivity contribution in [1.29, 1.82) is 0 Å². The number of carbonyl (C=O) groups excluding carboxylic acids is 2. The van der Waals surface area contributed by atoms with Gasteiger partial charge in [0.15, 0.2) is 0 Å². The Morgan fingerprint density at radius 2 is 1.47 bits per heavy atom. The highest BCUT2D eigenvalue weighted by Crippen LogP contribution is 2.29.